The van der Waals surface area contributed by atoms with E-state index < -0.39 is 0 Å². The summed E-state index contributed by atoms with van der Waals surface area (Å²) in [7, 11) is 0. The maximum Gasteiger partial charge on any atom is 0.318 e. The Balaban J connectivity index is 1.51. The van der Waals surface area contributed by atoms with Gasteiger partial charge >= 0.3 is 5.97 Å². The highest BCUT2D eigenvalue weighted by molar-refractivity contribution is 5.82. The van der Waals surface area contributed by atoms with Crippen molar-refractivity contribution >= 4 is 5.97 Å². The zero-order valence-electron chi connectivity index (χ0n) is 13.9. The Bertz CT molecular complexity index is 645. The molecule has 2 saturated heterocycles. The predicted octanol–water partition coefficient (Wildman–Crippen LogP) is 3.35. The van der Waals surface area contributed by atoms with Crippen LogP contribution in [0.4, 0.5) is 0 Å². The van der Waals surface area contributed by atoms with E-state index in [-0.39, 0.29) is 18.0 Å². The zero-order valence-corrected chi connectivity index (χ0v) is 13.9. The maximum absolute atomic E-state index is 13.0. The SMILES string of the molecule is O=C(OC1CC[N+]2(CC1)CC2)C(c1ccccc1)c1ccccc1. The van der Waals surface area contributed by atoms with E-state index in [2.05, 4.69) is 0 Å². The third-order valence-corrected chi connectivity index (χ3v) is 5.49. The van der Waals surface area contributed by atoms with E-state index in [0.29, 0.717) is 0 Å². The van der Waals surface area contributed by atoms with E-state index in [1.54, 1.807) is 0 Å². The number of hydrogen-bond acceptors (Lipinski definition) is 2. The summed E-state index contributed by atoms with van der Waals surface area (Å²) in [5, 5.41) is 0. The van der Waals surface area contributed by atoms with Crippen LogP contribution in [-0.4, -0.2) is 42.7 Å². The van der Waals surface area contributed by atoms with Crippen LogP contribution in [0.2, 0.25) is 0 Å². The first kappa shape index (κ1) is 15.4. The molecule has 0 radical (unpaired) electrons. The molecule has 2 aromatic carbocycles. The summed E-state index contributed by atoms with van der Waals surface area (Å²) in [6, 6.07) is 19.9. The quantitative estimate of drug-likeness (QED) is 0.490. The molecular formula is C21H24NO2+. The second kappa shape index (κ2) is 6.40. The molecule has 0 aliphatic carbocycles. The van der Waals surface area contributed by atoms with Crippen molar-refractivity contribution in [1.29, 1.82) is 0 Å². The van der Waals surface area contributed by atoms with E-state index in [9.17, 15) is 4.79 Å². The Labute approximate surface area is 143 Å². The van der Waals surface area contributed by atoms with Gasteiger partial charge in [0.05, 0.1) is 13.1 Å². The number of benzene rings is 2. The van der Waals surface area contributed by atoms with Crippen molar-refractivity contribution in [3.05, 3.63) is 71.8 Å². The van der Waals surface area contributed by atoms with Gasteiger partial charge in [-0.1, -0.05) is 60.7 Å². The lowest BCUT2D eigenvalue weighted by Crippen LogP contribution is -2.40. The fourth-order valence-corrected chi connectivity index (χ4v) is 3.79. The van der Waals surface area contributed by atoms with Crippen LogP contribution in [0.15, 0.2) is 60.7 Å². The molecule has 2 heterocycles. The molecule has 2 aliphatic rings. The smallest absolute Gasteiger partial charge is 0.318 e. The van der Waals surface area contributed by atoms with E-state index in [1.165, 1.54) is 30.7 Å². The molecule has 0 saturated carbocycles. The topological polar surface area (TPSA) is 26.3 Å². The Morgan fingerprint density at radius 2 is 1.33 bits per heavy atom. The molecule has 0 aromatic heterocycles. The lowest BCUT2D eigenvalue weighted by Gasteiger charge is -2.30. The zero-order chi connectivity index (χ0) is 16.4. The second-order valence-electron chi connectivity index (χ2n) is 7.13. The third-order valence-electron chi connectivity index (χ3n) is 5.49. The molecule has 2 aromatic rings. The molecule has 124 valence electrons. The number of carbonyl (C=O) groups is 1. The summed E-state index contributed by atoms with van der Waals surface area (Å²) in [4.78, 5) is 13.0. The number of piperidine rings is 1. The van der Waals surface area contributed by atoms with Crippen molar-refractivity contribution in [2.45, 2.75) is 24.9 Å². The minimum absolute atomic E-state index is 0.0803. The molecule has 3 nitrogen and oxygen atoms in total. The van der Waals surface area contributed by atoms with Crippen molar-refractivity contribution in [2.75, 3.05) is 26.2 Å². The van der Waals surface area contributed by atoms with Gasteiger partial charge in [-0.2, -0.15) is 0 Å². The van der Waals surface area contributed by atoms with Crippen LogP contribution in [0.1, 0.15) is 29.9 Å². The molecule has 2 fully saturated rings. The highest BCUT2D eigenvalue weighted by atomic mass is 16.5. The Kier molecular flexibility index (Phi) is 4.11. The summed E-state index contributed by atoms with van der Waals surface area (Å²) in [5.41, 5.74) is 2.00. The number of hydrogen-bond donors (Lipinski definition) is 0. The Morgan fingerprint density at radius 1 is 0.833 bits per heavy atom. The first-order valence-electron chi connectivity index (χ1n) is 8.91. The summed E-state index contributed by atoms with van der Waals surface area (Å²) in [5.74, 6) is -0.449. The van der Waals surface area contributed by atoms with Gasteiger partial charge in [0, 0.05) is 12.8 Å². The van der Waals surface area contributed by atoms with Crippen molar-refractivity contribution in [1.82, 2.24) is 0 Å². The van der Waals surface area contributed by atoms with Crippen molar-refractivity contribution in [2.24, 2.45) is 0 Å². The average molecular weight is 322 g/mol. The number of carbonyl (C=O) groups excluding carboxylic acids is 1. The van der Waals surface area contributed by atoms with Gasteiger partial charge in [0.15, 0.2) is 0 Å². The van der Waals surface area contributed by atoms with Gasteiger partial charge < -0.3 is 9.22 Å². The maximum atomic E-state index is 13.0. The van der Waals surface area contributed by atoms with Gasteiger partial charge in [0.1, 0.15) is 25.1 Å². The molecule has 2 aliphatic heterocycles. The standard InChI is InChI=1S/C21H24NO2/c23-21(24-19-11-13-22(14-12-19)15-16-22)20(17-7-3-1-4-8-17)18-9-5-2-6-10-18/h1-10,19-20H,11-16H2/q+1. The Morgan fingerprint density at radius 3 is 1.79 bits per heavy atom. The fourth-order valence-electron chi connectivity index (χ4n) is 3.79. The number of ether oxygens (including phenoxy) is 1. The largest absolute Gasteiger partial charge is 0.461 e. The molecule has 4 rings (SSSR count). The van der Waals surface area contributed by atoms with Gasteiger partial charge in [0.2, 0.25) is 0 Å². The fraction of sp³-hybridized carbons (Fsp3) is 0.381. The van der Waals surface area contributed by atoms with E-state index in [4.69, 9.17) is 4.74 Å². The normalized spacial score (nSPS) is 19.4. The molecule has 0 N–H and O–H groups in total. The lowest BCUT2D eigenvalue weighted by atomic mass is 9.91. The van der Waals surface area contributed by atoms with Crippen molar-refractivity contribution in [3.8, 4) is 0 Å². The van der Waals surface area contributed by atoms with Crippen molar-refractivity contribution in [3.63, 3.8) is 0 Å². The molecule has 0 unspecified atom stereocenters. The predicted molar refractivity (Wildman–Crippen MR) is 93.6 cm³/mol. The summed E-state index contributed by atoms with van der Waals surface area (Å²) in [6.07, 6.45) is 2.08. The van der Waals surface area contributed by atoms with E-state index >= 15 is 0 Å². The van der Waals surface area contributed by atoms with Crippen LogP contribution >= 0.6 is 0 Å². The number of rotatable bonds is 4. The summed E-state index contributed by atoms with van der Waals surface area (Å²) in [6.45, 7) is 4.97. The number of quaternary nitrogens is 1. The summed E-state index contributed by atoms with van der Waals surface area (Å²) < 4.78 is 7.19. The molecule has 3 heteroatoms. The molecule has 0 amide bonds. The van der Waals surface area contributed by atoms with Crippen LogP contribution in [0.25, 0.3) is 0 Å². The van der Waals surface area contributed by atoms with Gasteiger partial charge in [-0.25, -0.2) is 0 Å². The highest BCUT2D eigenvalue weighted by Crippen LogP contribution is 2.31. The molecule has 0 atom stereocenters. The number of nitrogens with zero attached hydrogens (tertiary/aromatic N) is 1. The van der Waals surface area contributed by atoms with Gasteiger partial charge in [0.25, 0.3) is 0 Å². The van der Waals surface area contributed by atoms with Crippen LogP contribution in [0, 0.1) is 0 Å². The lowest BCUT2D eigenvalue weighted by molar-refractivity contribution is -0.806. The molecule has 24 heavy (non-hydrogen) atoms. The Hall–Kier alpha value is -2.13. The third kappa shape index (κ3) is 3.22. The monoisotopic (exact) mass is 322 g/mol. The second-order valence-corrected chi connectivity index (χ2v) is 7.13. The van der Waals surface area contributed by atoms with Crippen LogP contribution < -0.4 is 0 Å². The van der Waals surface area contributed by atoms with Gasteiger partial charge in [-0.15, -0.1) is 0 Å². The van der Waals surface area contributed by atoms with Crippen molar-refractivity contribution < 1.29 is 14.0 Å². The van der Waals surface area contributed by atoms with E-state index in [1.807, 2.05) is 60.7 Å². The summed E-state index contributed by atoms with van der Waals surface area (Å²) >= 11 is 0. The minimum Gasteiger partial charge on any atom is -0.461 e. The molecule has 0 bridgehead atoms. The van der Waals surface area contributed by atoms with Crippen LogP contribution in [-0.2, 0) is 9.53 Å². The number of esters is 1. The van der Waals surface area contributed by atoms with Crippen LogP contribution in [0.5, 0.6) is 0 Å². The van der Waals surface area contributed by atoms with Gasteiger partial charge in [-0.05, 0) is 11.1 Å². The molecule has 1 spiro atoms. The highest BCUT2D eigenvalue weighted by Gasteiger charge is 2.45. The molecular weight excluding hydrogens is 298 g/mol. The first-order chi connectivity index (χ1) is 11.8. The van der Waals surface area contributed by atoms with E-state index in [0.717, 1.165) is 24.0 Å². The van der Waals surface area contributed by atoms with Gasteiger partial charge in [-0.3, -0.25) is 4.79 Å². The average Bonchev–Trinajstić information content (AvgIpc) is 3.39. The first-order valence-corrected chi connectivity index (χ1v) is 8.91. The minimum atomic E-state index is -0.335. The van der Waals surface area contributed by atoms with Crippen LogP contribution in [0.3, 0.4) is 0 Å².